The lowest BCUT2D eigenvalue weighted by molar-refractivity contribution is -0.125. The number of nitrogens with zero attached hydrogens (tertiary/aromatic N) is 2. The molecule has 2 rings (SSSR count). The summed E-state index contributed by atoms with van der Waals surface area (Å²) in [6.07, 6.45) is 1.23. The van der Waals surface area contributed by atoms with Crippen LogP contribution in [0.3, 0.4) is 0 Å². The van der Waals surface area contributed by atoms with E-state index in [-0.39, 0.29) is 18.4 Å². The van der Waals surface area contributed by atoms with E-state index in [9.17, 15) is 14.4 Å². The normalized spacial score (nSPS) is 14.4. The first-order valence-electron chi connectivity index (χ1n) is 8.20. The number of hydrogen-bond donors (Lipinski definition) is 0. The molecule has 0 unspecified atom stereocenters. The van der Waals surface area contributed by atoms with E-state index in [0.29, 0.717) is 37.5 Å². The van der Waals surface area contributed by atoms with Crippen LogP contribution in [0, 0.1) is 0 Å². The van der Waals surface area contributed by atoms with E-state index in [1.165, 1.54) is 6.08 Å². The molecular formula is C18H22N2O5. The number of amides is 2. The second kappa shape index (κ2) is 8.86. The van der Waals surface area contributed by atoms with Crippen LogP contribution in [0.25, 0.3) is 0 Å². The monoisotopic (exact) mass is 346 g/mol. The van der Waals surface area contributed by atoms with Gasteiger partial charge in [-0.3, -0.25) is 9.59 Å². The fourth-order valence-corrected chi connectivity index (χ4v) is 2.56. The highest BCUT2D eigenvalue weighted by Crippen LogP contribution is 2.15. The van der Waals surface area contributed by atoms with Crippen LogP contribution in [0.1, 0.15) is 23.7 Å². The van der Waals surface area contributed by atoms with Gasteiger partial charge in [-0.05, 0) is 43.7 Å². The average molecular weight is 346 g/mol. The zero-order valence-corrected chi connectivity index (χ0v) is 14.3. The fourth-order valence-electron chi connectivity index (χ4n) is 2.56. The first-order valence-corrected chi connectivity index (χ1v) is 8.20. The molecule has 0 spiro atoms. The molecule has 1 aliphatic rings. The van der Waals surface area contributed by atoms with Crippen molar-refractivity contribution in [2.45, 2.75) is 13.3 Å². The van der Waals surface area contributed by atoms with Crippen molar-refractivity contribution in [3.05, 3.63) is 42.5 Å². The summed E-state index contributed by atoms with van der Waals surface area (Å²) in [7, 11) is 0. The third kappa shape index (κ3) is 5.07. The molecule has 7 heteroatoms. The van der Waals surface area contributed by atoms with Gasteiger partial charge in [-0.1, -0.05) is 6.58 Å². The maximum absolute atomic E-state index is 12.6. The highest BCUT2D eigenvalue weighted by molar-refractivity contribution is 5.94. The summed E-state index contributed by atoms with van der Waals surface area (Å²) in [5.74, 6) is 0.0824. The van der Waals surface area contributed by atoms with E-state index in [0.717, 1.165) is 6.42 Å². The van der Waals surface area contributed by atoms with E-state index in [2.05, 4.69) is 6.58 Å². The Morgan fingerprint density at radius 2 is 1.72 bits per heavy atom. The van der Waals surface area contributed by atoms with E-state index in [1.807, 2.05) is 0 Å². The minimum atomic E-state index is -0.777. The smallest absolute Gasteiger partial charge is 0.434 e. The Labute approximate surface area is 146 Å². The molecule has 0 atom stereocenters. The Hall–Kier alpha value is -2.83. The number of carbonyl (C=O) groups is 3. The minimum Gasteiger partial charge on any atom is -0.434 e. The third-order valence-corrected chi connectivity index (χ3v) is 3.83. The van der Waals surface area contributed by atoms with Crippen molar-refractivity contribution in [1.82, 2.24) is 9.80 Å². The molecule has 1 aliphatic heterocycles. The fraction of sp³-hybridized carbons (Fsp3) is 0.389. The zero-order chi connectivity index (χ0) is 18.2. The number of benzene rings is 1. The summed E-state index contributed by atoms with van der Waals surface area (Å²) in [6, 6.07) is 6.31. The van der Waals surface area contributed by atoms with E-state index < -0.39 is 6.16 Å². The summed E-state index contributed by atoms with van der Waals surface area (Å²) in [4.78, 5) is 39.0. The van der Waals surface area contributed by atoms with Gasteiger partial charge in [0, 0.05) is 31.7 Å². The standard InChI is InChI=1S/C18H22N2O5/c1-3-16(21)19-10-5-11-20(13-12-19)17(22)14-6-8-15(9-7-14)25-18(23)24-4-2/h3,6-9H,1,4-5,10-13H2,2H3. The molecule has 0 saturated carbocycles. The quantitative estimate of drug-likeness (QED) is 0.474. The van der Waals surface area contributed by atoms with Crippen LogP contribution in [0.5, 0.6) is 5.75 Å². The molecule has 134 valence electrons. The van der Waals surface area contributed by atoms with Crippen molar-refractivity contribution in [2.75, 3.05) is 32.8 Å². The molecule has 1 aromatic carbocycles. The summed E-state index contributed by atoms with van der Waals surface area (Å²) < 4.78 is 9.66. The lowest BCUT2D eigenvalue weighted by Gasteiger charge is -2.21. The van der Waals surface area contributed by atoms with Crippen LogP contribution in [0.4, 0.5) is 4.79 Å². The van der Waals surface area contributed by atoms with Crippen LogP contribution in [0.15, 0.2) is 36.9 Å². The summed E-state index contributed by atoms with van der Waals surface area (Å²) in [5, 5.41) is 0. The van der Waals surface area contributed by atoms with Crippen molar-refractivity contribution >= 4 is 18.0 Å². The van der Waals surface area contributed by atoms with Gasteiger partial charge in [0.25, 0.3) is 5.91 Å². The highest BCUT2D eigenvalue weighted by Gasteiger charge is 2.21. The van der Waals surface area contributed by atoms with E-state index in [1.54, 1.807) is 41.0 Å². The Morgan fingerprint density at radius 3 is 2.36 bits per heavy atom. The SMILES string of the molecule is C=CC(=O)N1CCCN(C(=O)c2ccc(OC(=O)OCC)cc2)CC1. The Morgan fingerprint density at radius 1 is 1.08 bits per heavy atom. The zero-order valence-electron chi connectivity index (χ0n) is 14.3. The molecule has 1 fully saturated rings. The number of carbonyl (C=O) groups excluding carboxylic acids is 3. The van der Waals surface area contributed by atoms with Gasteiger partial charge in [-0.15, -0.1) is 0 Å². The van der Waals surface area contributed by atoms with Crippen LogP contribution in [0.2, 0.25) is 0 Å². The Bertz CT molecular complexity index is 641. The lowest BCUT2D eigenvalue weighted by Crippen LogP contribution is -2.36. The van der Waals surface area contributed by atoms with Gasteiger partial charge in [0.1, 0.15) is 5.75 Å². The second-order valence-electron chi connectivity index (χ2n) is 5.48. The van der Waals surface area contributed by atoms with Crippen molar-refractivity contribution in [3.8, 4) is 5.75 Å². The number of rotatable bonds is 4. The molecule has 25 heavy (non-hydrogen) atoms. The topological polar surface area (TPSA) is 76.2 Å². The van der Waals surface area contributed by atoms with Crippen LogP contribution in [-0.2, 0) is 9.53 Å². The molecule has 0 aromatic heterocycles. The van der Waals surface area contributed by atoms with Crippen LogP contribution in [-0.4, -0.2) is 60.6 Å². The molecule has 1 saturated heterocycles. The molecular weight excluding hydrogens is 324 g/mol. The van der Waals surface area contributed by atoms with Crippen LogP contribution >= 0.6 is 0 Å². The molecule has 1 aromatic rings. The van der Waals surface area contributed by atoms with Crippen molar-refractivity contribution in [3.63, 3.8) is 0 Å². The van der Waals surface area contributed by atoms with Gasteiger partial charge < -0.3 is 19.3 Å². The van der Waals surface area contributed by atoms with Gasteiger partial charge in [-0.25, -0.2) is 4.79 Å². The predicted molar refractivity (Wildman–Crippen MR) is 91.4 cm³/mol. The molecule has 0 bridgehead atoms. The maximum Gasteiger partial charge on any atom is 0.513 e. The highest BCUT2D eigenvalue weighted by atomic mass is 16.7. The van der Waals surface area contributed by atoms with E-state index in [4.69, 9.17) is 9.47 Å². The molecule has 2 amide bonds. The molecule has 0 radical (unpaired) electrons. The molecule has 1 heterocycles. The third-order valence-electron chi connectivity index (χ3n) is 3.83. The largest absolute Gasteiger partial charge is 0.513 e. The number of hydrogen-bond acceptors (Lipinski definition) is 5. The maximum atomic E-state index is 12.6. The average Bonchev–Trinajstić information content (AvgIpc) is 2.87. The molecule has 0 N–H and O–H groups in total. The van der Waals surface area contributed by atoms with Gasteiger partial charge in [0.15, 0.2) is 0 Å². The lowest BCUT2D eigenvalue weighted by atomic mass is 10.2. The van der Waals surface area contributed by atoms with Gasteiger partial charge in [0.05, 0.1) is 6.61 Å². The summed E-state index contributed by atoms with van der Waals surface area (Å²) >= 11 is 0. The van der Waals surface area contributed by atoms with Gasteiger partial charge >= 0.3 is 6.16 Å². The first kappa shape index (κ1) is 18.5. The summed E-state index contributed by atoms with van der Waals surface area (Å²) in [6.45, 7) is 7.57. The van der Waals surface area contributed by atoms with Crippen LogP contribution < -0.4 is 4.74 Å². The molecule has 7 nitrogen and oxygen atoms in total. The number of ether oxygens (including phenoxy) is 2. The summed E-state index contributed by atoms with van der Waals surface area (Å²) in [5.41, 5.74) is 0.500. The van der Waals surface area contributed by atoms with Gasteiger partial charge in [-0.2, -0.15) is 0 Å². The Kier molecular flexibility index (Phi) is 6.56. The molecule has 0 aliphatic carbocycles. The van der Waals surface area contributed by atoms with E-state index >= 15 is 0 Å². The minimum absolute atomic E-state index is 0.115. The second-order valence-corrected chi connectivity index (χ2v) is 5.48. The van der Waals surface area contributed by atoms with Crippen molar-refractivity contribution in [1.29, 1.82) is 0 Å². The van der Waals surface area contributed by atoms with Gasteiger partial charge in [0.2, 0.25) is 5.91 Å². The first-order chi connectivity index (χ1) is 12.0. The Balaban J connectivity index is 1.97. The predicted octanol–water partition coefficient (Wildman–Crippen LogP) is 2.08. The van der Waals surface area contributed by atoms with Crippen molar-refractivity contribution in [2.24, 2.45) is 0 Å². The van der Waals surface area contributed by atoms with Crippen molar-refractivity contribution < 1.29 is 23.9 Å².